The number of benzene rings is 4. The third-order valence-corrected chi connectivity index (χ3v) is 6.89. The number of nitrogens with one attached hydrogen (secondary N) is 3. The molecule has 0 aliphatic heterocycles. The van der Waals surface area contributed by atoms with Crippen LogP contribution in [0.2, 0.25) is 0 Å². The number of anilines is 2. The van der Waals surface area contributed by atoms with E-state index in [2.05, 4.69) is 31.9 Å². The molecule has 3 amide bonds. The maximum Gasteiger partial charge on any atom is 0.272 e. The average molecular weight is 622 g/mol. The Morgan fingerprint density at radius 3 is 2.30 bits per heavy atom. The van der Waals surface area contributed by atoms with Crippen molar-refractivity contribution in [2.45, 2.75) is 4.90 Å². The lowest BCUT2D eigenvalue weighted by Gasteiger charge is -2.12. The molecule has 0 radical (unpaired) electrons. The number of halogens is 3. The largest absolute Gasteiger partial charge is 0.323 e. The van der Waals surface area contributed by atoms with E-state index < -0.39 is 29.4 Å². The molecule has 10 heteroatoms. The van der Waals surface area contributed by atoms with E-state index in [9.17, 15) is 23.2 Å². The first kappa shape index (κ1) is 28.7. The van der Waals surface area contributed by atoms with E-state index in [1.807, 2.05) is 0 Å². The first-order valence-corrected chi connectivity index (χ1v) is 13.7. The van der Waals surface area contributed by atoms with Crippen LogP contribution < -0.4 is 16.0 Å². The highest BCUT2D eigenvalue weighted by Gasteiger charge is 2.16. The Morgan fingerprint density at radius 1 is 0.800 bits per heavy atom. The molecule has 6 nitrogen and oxygen atoms in total. The molecule has 202 valence electrons. The van der Waals surface area contributed by atoms with E-state index in [1.165, 1.54) is 48.2 Å². The van der Waals surface area contributed by atoms with Crippen molar-refractivity contribution in [1.82, 2.24) is 5.32 Å². The third-order valence-electron chi connectivity index (χ3n) is 5.40. The topological polar surface area (TPSA) is 87.3 Å². The number of thioether (sulfide) groups is 1. The number of rotatable bonds is 9. The molecule has 0 saturated carbocycles. The lowest BCUT2D eigenvalue weighted by molar-refractivity contribution is -0.114. The smallest absolute Gasteiger partial charge is 0.272 e. The van der Waals surface area contributed by atoms with Crippen LogP contribution in [0, 0.1) is 11.6 Å². The van der Waals surface area contributed by atoms with Gasteiger partial charge < -0.3 is 16.0 Å². The highest BCUT2D eigenvalue weighted by molar-refractivity contribution is 9.10. The van der Waals surface area contributed by atoms with Gasteiger partial charge in [-0.3, -0.25) is 14.4 Å². The molecule has 0 unspecified atom stereocenters. The summed E-state index contributed by atoms with van der Waals surface area (Å²) in [6.45, 7) is 0. The van der Waals surface area contributed by atoms with E-state index in [4.69, 9.17) is 0 Å². The lowest BCUT2D eigenvalue weighted by atomic mass is 10.1. The normalized spacial score (nSPS) is 11.0. The molecule has 4 aromatic rings. The quantitative estimate of drug-likeness (QED) is 0.141. The molecule has 0 saturated heterocycles. The lowest BCUT2D eigenvalue weighted by Crippen LogP contribution is -2.30. The fraction of sp³-hybridized carbons (Fsp3) is 0.0333. The van der Waals surface area contributed by atoms with Crippen LogP contribution in [0.5, 0.6) is 0 Å². The Kier molecular flexibility index (Phi) is 9.82. The SMILES string of the molecule is O=C(CSc1cccc(NC(=O)/C(=C/c2ccccc2F)NC(=O)c2ccccc2)c1)Nc1ccc(Br)cc1F. The Labute approximate surface area is 242 Å². The molecule has 4 rings (SSSR count). The third kappa shape index (κ3) is 8.11. The number of hydrogen-bond acceptors (Lipinski definition) is 4. The Balaban J connectivity index is 1.45. The number of carbonyl (C=O) groups is 3. The molecule has 3 N–H and O–H groups in total. The molecule has 0 atom stereocenters. The summed E-state index contributed by atoms with van der Waals surface area (Å²) in [5.74, 6) is -2.72. The first-order chi connectivity index (χ1) is 19.3. The Bertz CT molecular complexity index is 1580. The molecule has 0 bridgehead atoms. The van der Waals surface area contributed by atoms with Crippen molar-refractivity contribution in [2.24, 2.45) is 0 Å². The van der Waals surface area contributed by atoms with E-state index in [1.54, 1.807) is 66.7 Å². The van der Waals surface area contributed by atoms with Crippen LogP contribution in [-0.4, -0.2) is 23.5 Å². The summed E-state index contributed by atoms with van der Waals surface area (Å²) >= 11 is 4.36. The van der Waals surface area contributed by atoms with Crippen LogP contribution in [-0.2, 0) is 9.59 Å². The van der Waals surface area contributed by atoms with Gasteiger partial charge in [0.1, 0.15) is 17.3 Å². The fourth-order valence-corrected chi connectivity index (χ4v) is 4.57. The molecule has 0 aliphatic carbocycles. The van der Waals surface area contributed by atoms with Gasteiger partial charge in [0.05, 0.1) is 11.4 Å². The van der Waals surface area contributed by atoms with Crippen molar-refractivity contribution in [1.29, 1.82) is 0 Å². The van der Waals surface area contributed by atoms with Crippen molar-refractivity contribution in [2.75, 3.05) is 16.4 Å². The second-order valence-electron chi connectivity index (χ2n) is 8.34. The molecule has 0 aromatic heterocycles. The zero-order valence-corrected chi connectivity index (χ0v) is 23.2. The van der Waals surface area contributed by atoms with Crippen LogP contribution in [0.15, 0.2) is 112 Å². The van der Waals surface area contributed by atoms with Gasteiger partial charge in [-0.15, -0.1) is 11.8 Å². The van der Waals surface area contributed by atoms with Gasteiger partial charge in [0.2, 0.25) is 5.91 Å². The predicted molar refractivity (Wildman–Crippen MR) is 157 cm³/mol. The van der Waals surface area contributed by atoms with Gasteiger partial charge in [0.15, 0.2) is 0 Å². The Morgan fingerprint density at radius 2 is 1.55 bits per heavy atom. The summed E-state index contributed by atoms with van der Waals surface area (Å²) in [6, 6.07) is 25.3. The summed E-state index contributed by atoms with van der Waals surface area (Å²) in [5, 5.41) is 7.80. The standard InChI is InChI=1S/C30H22BrF2N3O3S/c31-21-13-14-26(25(33)16-21)35-28(37)18-40-23-11-6-10-22(17-23)34-30(39)27(15-20-9-4-5-12-24(20)32)36-29(38)19-7-2-1-3-8-19/h1-17H,18H2,(H,34,39)(H,35,37)(H,36,38)/b27-15-. The molecule has 0 aliphatic rings. The number of carbonyl (C=O) groups excluding carboxylic acids is 3. The van der Waals surface area contributed by atoms with Gasteiger partial charge in [-0.05, 0) is 60.7 Å². The van der Waals surface area contributed by atoms with E-state index in [-0.39, 0.29) is 22.7 Å². The summed E-state index contributed by atoms with van der Waals surface area (Å²) in [7, 11) is 0. The second kappa shape index (κ2) is 13.7. The van der Waals surface area contributed by atoms with Gasteiger partial charge in [0, 0.05) is 26.2 Å². The average Bonchev–Trinajstić information content (AvgIpc) is 2.95. The van der Waals surface area contributed by atoms with Gasteiger partial charge in [-0.25, -0.2) is 8.78 Å². The van der Waals surface area contributed by atoms with Gasteiger partial charge >= 0.3 is 0 Å². The van der Waals surface area contributed by atoms with Crippen molar-refractivity contribution >= 4 is 62.9 Å². The molecule has 0 fully saturated rings. The molecule has 4 aromatic carbocycles. The zero-order chi connectivity index (χ0) is 28.5. The highest BCUT2D eigenvalue weighted by Crippen LogP contribution is 2.24. The van der Waals surface area contributed by atoms with Crippen molar-refractivity contribution in [3.05, 3.63) is 130 Å². The minimum absolute atomic E-state index is 0.00151. The number of hydrogen-bond donors (Lipinski definition) is 3. The van der Waals surface area contributed by atoms with Gasteiger partial charge in [-0.1, -0.05) is 58.4 Å². The predicted octanol–water partition coefficient (Wildman–Crippen LogP) is 6.87. The monoisotopic (exact) mass is 621 g/mol. The van der Waals surface area contributed by atoms with Gasteiger partial charge in [0.25, 0.3) is 11.8 Å². The zero-order valence-electron chi connectivity index (χ0n) is 20.8. The summed E-state index contributed by atoms with van der Waals surface area (Å²) in [4.78, 5) is 39.0. The molecule has 0 heterocycles. The van der Waals surface area contributed by atoms with E-state index in [0.29, 0.717) is 20.6 Å². The second-order valence-corrected chi connectivity index (χ2v) is 10.3. The molecular formula is C30H22BrF2N3O3S. The van der Waals surface area contributed by atoms with E-state index in [0.717, 1.165) is 0 Å². The first-order valence-electron chi connectivity index (χ1n) is 11.9. The minimum atomic E-state index is -0.668. The summed E-state index contributed by atoms with van der Waals surface area (Å²) in [6.07, 6.45) is 1.26. The van der Waals surface area contributed by atoms with Crippen LogP contribution >= 0.6 is 27.7 Å². The highest BCUT2D eigenvalue weighted by atomic mass is 79.9. The van der Waals surface area contributed by atoms with Crippen LogP contribution in [0.25, 0.3) is 6.08 Å². The van der Waals surface area contributed by atoms with Crippen molar-refractivity contribution < 1.29 is 23.2 Å². The van der Waals surface area contributed by atoms with Gasteiger partial charge in [-0.2, -0.15) is 0 Å². The fourth-order valence-electron chi connectivity index (χ4n) is 3.48. The summed E-state index contributed by atoms with van der Waals surface area (Å²) in [5.41, 5.74) is 0.755. The molecule has 0 spiro atoms. The maximum absolute atomic E-state index is 14.3. The maximum atomic E-state index is 14.3. The van der Waals surface area contributed by atoms with Crippen molar-refractivity contribution in [3.63, 3.8) is 0 Å². The van der Waals surface area contributed by atoms with Crippen LogP contribution in [0.3, 0.4) is 0 Å². The van der Waals surface area contributed by atoms with Crippen molar-refractivity contribution in [3.8, 4) is 0 Å². The van der Waals surface area contributed by atoms with E-state index >= 15 is 0 Å². The summed E-state index contributed by atoms with van der Waals surface area (Å²) < 4.78 is 28.9. The Hall–Kier alpha value is -4.28. The van der Waals surface area contributed by atoms with Crippen LogP contribution in [0.1, 0.15) is 15.9 Å². The molecule has 40 heavy (non-hydrogen) atoms. The molecular weight excluding hydrogens is 600 g/mol. The minimum Gasteiger partial charge on any atom is -0.323 e. The number of amides is 3. The van der Waals surface area contributed by atoms with Crippen LogP contribution in [0.4, 0.5) is 20.2 Å².